The van der Waals surface area contributed by atoms with Crippen LogP contribution in [0.2, 0.25) is 5.02 Å². The van der Waals surface area contributed by atoms with Gasteiger partial charge in [-0.25, -0.2) is 4.68 Å². The lowest BCUT2D eigenvalue weighted by molar-refractivity contribution is 0.112. The van der Waals surface area contributed by atoms with Crippen molar-refractivity contribution < 1.29 is 9.53 Å². The van der Waals surface area contributed by atoms with Crippen molar-refractivity contribution in [1.29, 1.82) is 0 Å². The van der Waals surface area contributed by atoms with Crippen molar-refractivity contribution in [3.8, 4) is 17.2 Å². The summed E-state index contributed by atoms with van der Waals surface area (Å²) < 4.78 is 7.20. The maximum Gasteiger partial charge on any atom is 0.292 e. The number of thiophene rings is 1. The predicted molar refractivity (Wildman–Crippen MR) is 111 cm³/mol. The van der Waals surface area contributed by atoms with Crippen LogP contribution in [0.5, 0.6) is 11.5 Å². The van der Waals surface area contributed by atoms with E-state index in [-0.39, 0.29) is 5.75 Å². The van der Waals surface area contributed by atoms with Crippen LogP contribution >= 0.6 is 22.9 Å². The average molecular weight is 417 g/mol. The van der Waals surface area contributed by atoms with E-state index in [1.807, 2.05) is 14.1 Å². The number of pyridine rings is 1. The number of carbonyl (C=O) groups excluding carboxylic acids is 1. The van der Waals surface area contributed by atoms with Crippen molar-refractivity contribution in [2.24, 2.45) is 0 Å². The van der Waals surface area contributed by atoms with Gasteiger partial charge >= 0.3 is 0 Å². The Kier molecular flexibility index (Phi) is 6.25. The van der Waals surface area contributed by atoms with E-state index in [1.54, 1.807) is 52.7 Å². The van der Waals surface area contributed by atoms with Gasteiger partial charge in [0.25, 0.3) is 5.56 Å². The summed E-state index contributed by atoms with van der Waals surface area (Å²) in [4.78, 5) is 26.6. The first-order chi connectivity index (χ1) is 13.6. The van der Waals surface area contributed by atoms with E-state index in [0.717, 1.165) is 6.29 Å². The number of carbonyl (C=O) groups is 1. The molecular weight excluding hydrogens is 400 g/mol. The SMILES string of the molecule is CNC.O=Cc1cc(-n2ncc3cc(Oc4ccccc4Cl)c(=O)[nH]c32)cs1. The molecule has 0 amide bonds. The highest BCUT2D eigenvalue weighted by Crippen LogP contribution is 2.28. The standard InChI is InChI=1S/C17H10ClN3O3S.C2H7N/c18-13-3-1-2-4-14(13)24-15-5-10-7-19-21(16(10)20-17(15)23)11-6-12(8-22)25-9-11;1-3-2/h1-9H,(H,20,23);3H,1-2H3. The lowest BCUT2D eigenvalue weighted by Gasteiger charge is -2.07. The average Bonchev–Trinajstić information content (AvgIpc) is 3.31. The van der Waals surface area contributed by atoms with Crippen molar-refractivity contribution >= 4 is 40.3 Å². The van der Waals surface area contributed by atoms with E-state index in [0.29, 0.717) is 32.4 Å². The van der Waals surface area contributed by atoms with E-state index < -0.39 is 5.56 Å². The molecule has 0 spiro atoms. The molecule has 9 heteroatoms. The fraction of sp³-hybridized carbons (Fsp3) is 0.105. The number of H-pyrrole nitrogens is 1. The molecule has 4 rings (SSSR count). The minimum absolute atomic E-state index is 0.124. The zero-order valence-electron chi connectivity index (χ0n) is 15.1. The third kappa shape index (κ3) is 4.14. The number of aromatic amines is 1. The van der Waals surface area contributed by atoms with Gasteiger partial charge in [0.1, 0.15) is 11.4 Å². The summed E-state index contributed by atoms with van der Waals surface area (Å²) in [5.41, 5.74) is 0.823. The monoisotopic (exact) mass is 416 g/mol. The second-order valence-corrected chi connectivity index (χ2v) is 7.03. The molecule has 3 heterocycles. The third-order valence-corrected chi connectivity index (χ3v) is 4.72. The largest absolute Gasteiger partial charge is 0.450 e. The Labute approximate surface area is 169 Å². The molecule has 1 aromatic carbocycles. The van der Waals surface area contributed by atoms with Gasteiger partial charge in [0.15, 0.2) is 12.0 Å². The Balaban J connectivity index is 0.000000706. The first-order valence-corrected chi connectivity index (χ1v) is 9.49. The second-order valence-electron chi connectivity index (χ2n) is 5.68. The third-order valence-electron chi connectivity index (χ3n) is 3.56. The fourth-order valence-corrected chi connectivity index (χ4v) is 3.24. The summed E-state index contributed by atoms with van der Waals surface area (Å²) in [6.07, 6.45) is 2.39. The van der Waals surface area contributed by atoms with Gasteiger partial charge in [-0.3, -0.25) is 9.59 Å². The highest BCUT2D eigenvalue weighted by Gasteiger charge is 2.13. The highest BCUT2D eigenvalue weighted by molar-refractivity contribution is 7.12. The summed E-state index contributed by atoms with van der Waals surface area (Å²) in [6.45, 7) is 0. The Bertz CT molecular complexity index is 1170. The molecule has 2 N–H and O–H groups in total. The van der Waals surface area contributed by atoms with Crippen LogP contribution in [-0.4, -0.2) is 35.1 Å². The van der Waals surface area contributed by atoms with Gasteiger partial charge in [-0.15, -0.1) is 11.3 Å². The molecule has 0 saturated carbocycles. The van der Waals surface area contributed by atoms with Crippen molar-refractivity contribution in [3.63, 3.8) is 0 Å². The number of fused-ring (bicyclic) bond motifs is 1. The van der Waals surface area contributed by atoms with Gasteiger partial charge in [0.05, 0.1) is 21.8 Å². The summed E-state index contributed by atoms with van der Waals surface area (Å²) >= 11 is 7.37. The minimum Gasteiger partial charge on any atom is -0.450 e. The number of rotatable bonds is 4. The van der Waals surface area contributed by atoms with E-state index in [1.165, 1.54) is 11.3 Å². The summed E-state index contributed by atoms with van der Waals surface area (Å²) in [6, 6.07) is 10.2. The highest BCUT2D eigenvalue weighted by atomic mass is 35.5. The summed E-state index contributed by atoms with van der Waals surface area (Å²) in [5, 5.41) is 9.93. The number of para-hydroxylation sites is 1. The molecule has 0 unspecified atom stereocenters. The topological polar surface area (TPSA) is 89.0 Å². The Morgan fingerprint density at radius 1 is 1.25 bits per heavy atom. The molecule has 3 aromatic heterocycles. The fourth-order valence-electron chi connectivity index (χ4n) is 2.40. The molecule has 0 fully saturated rings. The van der Waals surface area contributed by atoms with Gasteiger partial charge in [-0.1, -0.05) is 23.7 Å². The van der Waals surface area contributed by atoms with Crippen LogP contribution in [0.4, 0.5) is 0 Å². The molecule has 4 aromatic rings. The molecule has 144 valence electrons. The Hall–Kier alpha value is -2.94. The Morgan fingerprint density at radius 3 is 2.68 bits per heavy atom. The maximum absolute atomic E-state index is 12.4. The van der Waals surface area contributed by atoms with E-state index >= 15 is 0 Å². The van der Waals surface area contributed by atoms with Crippen molar-refractivity contribution in [1.82, 2.24) is 20.1 Å². The number of nitrogens with zero attached hydrogens (tertiary/aromatic N) is 2. The minimum atomic E-state index is -0.403. The van der Waals surface area contributed by atoms with Crippen LogP contribution in [0.15, 0.2) is 52.8 Å². The zero-order valence-corrected chi connectivity index (χ0v) is 16.7. The van der Waals surface area contributed by atoms with Crippen LogP contribution in [0.25, 0.3) is 16.7 Å². The molecule has 0 aliphatic heterocycles. The summed E-state index contributed by atoms with van der Waals surface area (Å²) in [7, 11) is 3.75. The van der Waals surface area contributed by atoms with E-state index in [9.17, 15) is 9.59 Å². The van der Waals surface area contributed by atoms with Crippen LogP contribution in [0.3, 0.4) is 0 Å². The smallest absolute Gasteiger partial charge is 0.292 e. The number of halogens is 1. The molecule has 7 nitrogen and oxygen atoms in total. The quantitative estimate of drug-likeness (QED) is 0.493. The molecule has 0 radical (unpaired) electrons. The normalized spacial score (nSPS) is 10.4. The zero-order chi connectivity index (χ0) is 20.1. The number of hydrogen-bond acceptors (Lipinski definition) is 6. The molecular formula is C19H17ClN4O3S. The van der Waals surface area contributed by atoms with Crippen LogP contribution in [0, 0.1) is 0 Å². The predicted octanol–water partition coefficient (Wildman–Crippen LogP) is 3.87. The number of benzene rings is 1. The van der Waals surface area contributed by atoms with E-state index in [2.05, 4.69) is 15.4 Å². The van der Waals surface area contributed by atoms with Gasteiger partial charge in [-0.2, -0.15) is 5.10 Å². The molecule has 28 heavy (non-hydrogen) atoms. The molecule has 0 aliphatic carbocycles. The number of aldehydes is 1. The molecule has 0 aliphatic rings. The van der Waals surface area contributed by atoms with Gasteiger partial charge in [-0.05, 0) is 38.4 Å². The molecule has 0 bridgehead atoms. The van der Waals surface area contributed by atoms with Crippen molar-refractivity contribution in [3.05, 3.63) is 68.2 Å². The summed E-state index contributed by atoms with van der Waals surface area (Å²) in [5.74, 6) is 0.522. The first kappa shape index (κ1) is 19.8. The van der Waals surface area contributed by atoms with Crippen LogP contribution in [-0.2, 0) is 0 Å². The van der Waals surface area contributed by atoms with Gasteiger partial charge in [0.2, 0.25) is 0 Å². The Morgan fingerprint density at radius 2 is 2.00 bits per heavy atom. The molecule has 0 saturated heterocycles. The number of hydrogen-bond donors (Lipinski definition) is 2. The molecule has 0 atom stereocenters. The lowest BCUT2D eigenvalue weighted by atomic mass is 10.3. The van der Waals surface area contributed by atoms with Crippen LogP contribution in [0.1, 0.15) is 9.67 Å². The lowest BCUT2D eigenvalue weighted by Crippen LogP contribution is -2.10. The van der Waals surface area contributed by atoms with Gasteiger partial charge < -0.3 is 15.0 Å². The van der Waals surface area contributed by atoms with E-state index in [4.69, 9.17) is 16.3 Å². The van der Waals surface area contributed by atoms with Gasteiger partial charge in [0, 0.05) is 10.8 Å². The number of ether oxygens (including phenoxy) is 1. The first-order valence-electron chi connectivity index (χ1n) is 8.23. The number of nitrogens with one attached hydrogen (secondary N) is 2. The van der Waals surface area contributed by atoms with Crippen molar-refractivity contribution in [2.45, 2.75) is 0 Å². The van der Waals surface area contributed by atoms with Crippen molar-refractivity contribution in [2.75, 3.05) is 14.1 Å². The maximum atomic E-state index is 12.4. The second kappa shape index (κ2) is 8.83. The number of aromatic nitrogens is 3. The van der Waals surface area contributed by atoms with Crippen LogP contribution < -0.4 is 15.6 Å².